The first-order chi connectivity index (χ1) is 14.5. The van der Waals surface area contributed by atoms with E-state index in [9.17, 15) is 9.59 Å². The van der Waals surface area contributed by atoms with Gasteiger partial charge in [-0.15, -0.1) is 23.1 Å². The van der Waals surface area contributed by atoms with Crippen molar-refractivity contribution in [2.75, 3.05) is 25.9 Å². The van der Waals surface area contributed by atoms with Crippen LogP contribution in [0.5, 0.6) is 5.75 Å². The molecule has 3 heterocycles. The van der Waals surface area contributed by atoms with Crippen LogP contribution in [-0.2, 0) is 0 Å². The lowest BCUT2D eigenvalue weighted by Gasteiger charge is -2.43. The van der Waals surface area contributed by atoms with Crippen molar-refractivity contribution in [2.45, 2.75) is 28.9 Å². The largest absolute Gasteiger partial charge is 0.495 e. The van der Waals surface area contributed by atoms with E-state index in [0.29, 0.717) is 30.1 Å². The van der Waals surface area contributed by atoms with Crippen molar-refractivity contribution < 1.29 is 14.3 Å². The summed E-state index contributed by atoms with van der Waals surface area (Å²) in [5.74, 6) is 0.912. The average molecular weight is 439 g/mol. The summed E-state index contributed by atoms with van der Waals surface area (Å²) in [5.41, 5.74) is 7.66. The van der Waals surface area contributed by atoms with Crippen LogP contribution < -0.4 is 10.5 Å². The number of likely N-dealkylation sites (tertiary alicyclic amines) is 1. The molecule has 2 N–H and O–H groups in total. The summed E-state index contributed by atoms with van der Waals surface area (Å²) in [6.07, 6.45) is 2.14. The van der Waals surface area contributed by atoms with E-state index in [0.717, 1.165) is 39.1 Å². The molecule has 1 aromatic heterocycles. The van der Waals surface area contributed by atoms with Gasteiger partial charge in [0, 0.05) is 40.1 Å². The molecule has 0 atom stereocenters. The average Bonchev–Trinajstić information content (AvgIpc) is 3.09. The van der Waals surface area contributed by atoms with E-state index >= 15 is 0 Å². The predicted molar refractivity (Wildman–Crippen MR) is 122 cm³/mol. The summed E-state index contributed by atoms with van der Waals surface area (Å²) in [5, 5.41) is 1.37. The Balaban J connectivity index is 1.38. The molecule has 0 aliphatic carbocycles. The molecule has 0 radical (unpaired) electrons. The van der Waals surface area contributed by atoms with Gasteiger partial charge < -0.3 is 15.4 Å². The van der Waals surface area contributed by atoms with Crippen LogP contribution in [0.4, 0.5) is 5.00 Å². The molecule has 0 saturated carbocycles. The number of thioether (sulfide) groups is 1. The minimum atomic E-state index is -0.117. The Morgan fingerprint density at radius 3 is 2.67 bits per heavy atom. The van der Waals surface area contributed by atoms with Crippen molar-refractivity contribution >= 4 is 49.9 Å². The fraction of sp³-hybridized carbons (Fsp3) is 0.304. The highest BCUT2D eigenvalue weighted by Crippen LogP contribution is 2.49. The molecule has 2 aromatic carbocycles. The summed E-state index contributed by atoms with van der Waals surface area (Å²) < 4.78 is 6.22. The van der Waals surface area contributed by atoms with Crippen LogP contribution in [0.2, 0.25) is 0 Å². The Bertz CT molecular complexity index is 1160. The fourth-order valence-electron chi connectivity index (χ4n) is 4.49. The summed E-state index contributed by atoms with van der Waals surface area (Å²) in [6.45, 7) is 1.25. The van der Waals surface area contributed by atoms with E-state index in [-0.39, 0.29) is 16.4 Å². The number of thiophene rings is 1. The number of fused-ring (bicyclic) bond motifs is 2. The Morgan fingerprint density at radius 2 is 1.90 bits per heavy atom. The van der Waals surface area contributed by atoms with Crippen molar-refractivity contribution in [3.05, 3.63) is 53.6 Å². The number of carbonyl (C=O) groups excluding carboxylic acids is 2. The predicted octanol–water partition coefficient (Wildman–Crippen LogP) is 4.85. The van der Waals surface area contributed by atoms with Gasteiger partial charge >= 0.3 is 0 Å². The molecule has 0 bridgehead atoms. The van der Waals surface area contributed by atoms with E-state index in [4.69, 9.17) is 10.5 Å². The molecule has 5 nitrogen and oxygen atoms in total. The number of nitrogens with zero attached hydrogens (tertiary/aromatic N) is 1. The number of benzene rings is 2. The van der Waals surface area contributed by atoms with Crippen LogP contribution in [0.1, 0.15) is 40.0 Å². The third-order valence-electron chi connectivity index (χ3n) is 6.10. The van der Waals surface area contributed by atoms with Crippen LogP contribution >= 0.6 is 23.1 Å². The smallest absolute Gasteiger partial charge is 0.257 e. The molecular weight excluding hydrogens is 416 g/mol. The van der Waals surface area contributed by atoms with Gasteiger partial charge in [0.05, 0.1) is 22.4 Å². The monoisotopic (exact) mass is 438 g/mol. The van der Waals surface area contributed by atoms with Gasteiger partial charge in [-0.3, -0.25) is 9.59 Å². The number of hydrogen-bond acceptors (Lipinski definition) is 6. The van der Waals surface area contributed by atoms with Gasteiger partial charge in [-0.05, 0) is 25.0 Å². The summed E-state index contributed by atoms with van der Waals surface area (Å²) in [4.78, 5) is 29.0. The molecule has 1 fully saturated rings. The van der Waals surface area contributed by atoms with Crippen LogP contribution in [-0.4, -0.2) is 41.5 Å². The van der Waals surface area contributed by atoms with Gasteiger partial charge in [-0.1, -0.05) is 30.3 Å². The van der Waals surface area contributed by atoms with Gasteiger partial charge in [-0.2, -0.15) is 0 Å². The van der Waals surface area contributed by atoms with Crippen molar-refractivity contribution in [3.8, 4) is 5.75 Å². The van der Waals surface area contributed by atoms with Crippen LogP contribution in [0.25, 0.3) is 10.1 Å². The number of hydrogen-bond donors (Lipinski definition) is 1. The number of rotatable bonds is 2. The highest BCUT2D eigenvalue weighted by molar-refractivity contribution is 8.01. The maximum absolute atomic E-state index is 13.4. The van der Waals surface area contributed by atoms with Gasteiger partial charge in [0.15, 0.2) is 5.78 Å². The van der Waals surface area contributed by atoms with Gasteiger partial charge in [0.25, 0.3) is 5.91 Å². The second-order valence-electron chi connectivity index (χ2n) is 7.85. The number of amides is 1. The Hall–Kier alpha value is -2.51. The fourth-order valence-corrected chi connectivity index (χ4v) is 7.04. The zero-order valence-corrected chi connectivity index (χ0v) is 18.3. The van der Waals surface area contributed by atoms with Crippen molar-refractivity contribution in [3.63, 3.8) is 0 Å². The molecule has 0 unspecified atom stereocenters. The van der Waals surface area contributed by atoms with Gasteiger partial charge in [-0.25, -0.2) is 0 Å². The Labute approximate surface area is 183 Å². The number of ketones is 1. The maximum atomic E-state index is 13.4. The Kier molecular flexibility index (Phi) is 4.75. The lowest BCUT2D eigenvalue weighted by molar-refractivity contribution is 0.0699. The van der Waals surface area contributed by atoms with Gasteiger partial charge in [0.2, 0.25) is 0 Å². The lowest BCUT2D eigenvalue weighted by Crippen LogP contribution is -2.47. The standard InChI is InChI=1S/C23H22N2O3S2/c1-28-17-7-4-6-15-19(21(24)29-20(15)17)22(27)25-11-9-23(10-12-25)13-16(26)14-5-2-3-8-18(14)30-23/h2-8H,9-13,24H2,1H3. The Morgan fingerprint density at radius 1 is 1.13 bits per heavy atom. The van der Waals surface area contributed by atoms with E-state index in [1.165, 1.54) is 11.3 Å². The van der Waals surface area contributed by atoms with E-state index in [2.05, 4.69) is 0 Å². The topological polar surface area (TPSA) is 72.6 Å². The first-order valence-electron chi connectivity index (χ1n) is 9.97. The van der Waals surface area contributed by atoms with Gasteiger partial charge in [0.1, 0.15) is 5.75 Å². The number of piperidine rings is 1. The summed E-state index contributed by atoms with van der Waals surface area (Å²) in [6, 6.07) is 13.5. The van der Waals surface area contributed by atoms with Crippen LogP contribution in [0, 0.1) is 0 Å². The van der Waals surface area contributed by atoms with E-state index in [1.807, 2.05) is 59.1 Å². The van der Waals surface area contributed by atoms with E-state index in [1.54, 1.807) is 7.11 Å². The number of ether oxygens (including phenoxy) is 1. The molecule has 2 aliphatic rings. The SMILES string of the molecule is COc1cccc2c(C(=O)N3CCC4(CC3)CC(=O)c3ccccc3S4)c(N)sc12. The van der Waals surface area contributed by atoms with Crippen molar-refractivity contribution in [1.29, 1.82) is 0 Å². The first-order valence-corrected chi connectivity index (χ1v) is 11.6. The number of carbonyl (C=O) groups is 2. The zero-order chi connectivity index (χ0) is 20.9. The second-order valence-corrected chi connectivity index (χ2v) is 10.4. The quantitative estimate of drug-likeness (QED) is 0.619. The first kappa shape index (κ1) is 19.5. The number of methoxy groups -OCH3 is 1. The number of anilines is 1. The molecule has 1 spiro atoms. The van der Waals surface area contributed by atoms with Crippen LogP contribution in [0.3, 0.4) is 0 Å². The third kappa shape index (κ3) is 3.08. The molecule has 5 rings (SSSR count). The second kappa shape index (κ2) is 7.32. The number of nitrogen functional groups attached to an aromatic ring is 1. The molecule has 1 saturated heterocycles. The summed E-state index contributed by atoms with van der Waals surface area (Å²) in [7, 11) is 1.62. The molecular formula is C23H22N2O3S2. The molecule has 2 aliphatic heterocycles. The van der Waals surface area contributed by atoms with Crippen molar-refractivity contribution in [1.82, 2.24) is 4.90 Å². The molecule has 3 aromatic rings. The highest BCUT2D eigenvalue weighted by Gasteiger charge is 2.42. The lowest BCUT2D eigenvalue weighted by atomic mass is 9.87. The minimum Gasteiger partial charge on any atom is -0.495 e. The molecule has 1 amide bonds. The molecule has 7 heteroatoms. The van der Waals surface area contributed by atoms with Crippen molar-refractivity contribution in [2.24, 2.45) is 0 Å². The van der Waals surface area contributed by atoms with E-state index < -0.39 is 0 Å². The third-order valence-corrected chi connectivity index (χ3v) is 8.71. The molecule has 154 valence electrons. The summed E-state index contributed by atoms with van der Waals surface area (Å²) >= 11 is 3.20. The highest BCUT2D eigenvalue weighted by atomic mass is 32.2. The zero-order valence-electron chi connectivity index (χ0n) is 16.6. The molecule has 30 heavy (non-hydrogen) atoms. The van der Waals surface area contributed by atoms with Crippen LogP contribution in [0.15, 0.2) is 47.4 Å². The number of nitrogens with two attached hydrogens (primary N) is 1. The minimum absolute atomic E-state index is 0.0330. The maximum Gasteiger partial charge on any atom is 0.257 e. The number of Topliss-reactive ketones (excluding diaryl/α,β-unsaturated/α-hetero) is 1. The normalized spacial score (nSPS) is 17.9.